The molecule has 1 aliphatic rings. The molecule has 2 amide bonds. The number of nitrogens with zero attached hydrogens (tertiary/aromatic N) is 3. The highest BCUT2D eigenvalue weighted by molar-refractivity contribution is 6.51. The second kappa shape index (κ2) is 10.2. The smallest absolute Gasteiger partial charge is 0.299 e. The molecule has 36 heavy (non-hydrogen) atoms. The van der Waals surface area contributed by atoms with E-state index in [2.05, 4.69) is 5.16 Å². The van der Waals surface area contributed by atoms with Gasteiger partial charge in [0.2, 0.25) is 0 Å². The lowest BCUT2D eigenvalue weighted by Gasteiger charge is -2.31. The van der Waals surface area contributed by atoms with E-state index in [1.165, 1.54) is 16.1 Å². The van der Waals surface area contributed by atoms with Gasteiger partial charge in [-0.2, -0.15) is 0 Å². The van der Waals surface area contributed by atoms with Crippen molar-refractivity contribution < 1.29 is 24.0 Å². The van der Waals surface area contributed by atoms with Crippen LogP contribution in [0.3, 0.4) is 0 Å². The van der Waals surface area contributed by atoms with Gasteiger partial charge < -0.3 is 14.5 Å². The van der Waals surface area contributed by atoms with Gasteiger partial charge in [0.1, 0.15) is 17.7 Å². The van der Waals surface area contributed by atoms with E-state index < -0.39 is 17.7 Å². The Labute approximate surface area is 209 Å². The first-order valence-electron chi connectivity index (χ1n) is 11.9. The molecule has 3 aromatic rings. The molecule has 1 N–H and O–H groups in total. The number of hydrogen-bond donors (Lipinski definition) is 1. The summed E-state index contributed by atoms with van der Waals surface area (Å²) in [5, 5.41) is 15.2. The molecule has 1 aromatic heterocycles. The first kappa shape index (κ1) is 24.9. The molecule has 2 heterocycles. The fourth-order valence-corrected chi connectivity index (χ4v) is 4.66. The lowest BCUT2D eigenvalue weighted by atomic mass is 9.87. The summed E-state index contributed by atoms with van der Waals surface area (Å²) in [6.07, 6.45) is 2.91. The van der Waals surface area contributed by atoms with Gasteiger partial charge in [0.25, 0.3) is 17.6 Å². The topological polar surface area (TPSA) is 104 Å². The van der Waals surface area contributed by atoms with Crippen LogP contribution in [0.4, 0.5) is 5.69 Å². The van der Waals surface area contributed by atoms with Crippen LogP contribution < -0.4 is 4.90 Å². The largest absolute Gasteiger partial charge is 0.507 e. The third kappa shape index (κ3) is 4.42. The molecule has 0 spiro atoms. The molecular formula is C28H29N3O5. The van der Waals surface area contributed by atoms with Gasteiger partial charge in [-0.05, 0) is 30.2 Å². The second-order valence-corrected chi connectivity index (χ2v) is 9.00. The van der Waals surface area contributed by atoms with Crippen LogP contribution in [-0.2, 0) is 9.59 Å². The van der Waals surface area contributed by atoms with Crippen molar-refractivity contribution in [1.29, 1.82) is 0 Å². The molecule has 0 aliphatic carbocycles. The van der Waals surface area contributed by atoms with Crippen molar-refractivity contribution in [2.24, 2.45) is 5.92 Å². The minimum Gasteiger partial charge on any atom is -0.507 e. The molecule has 8 heteroatoms. The number of carbonyl (C=O) groups excluding carboxylic acids is 3. The SMILES string of the molecule is CCC(CC)C1/C(=C(/O)c2ccc(C(=O)N(C)C)cc2)C(=O)C(=O)N1c1ccc(-c2ccon2)cc1. The van der Waals surface area contributed by atoms with Crippen LogP contribution in [0.25, 0.3) is 17.0 Å². The predicted molar refractivity (Wildman–Crippen MR) is 136 cm³/mol. The second-order valence-electron chi connectivity index (χ2n) is 9.00. The number of aromatic nitrogens is 1. The maximum Gasteiger partial charge on any atom is 0.299 e. The van der Waals surface area contributed by atoms with Crippen molar-refractivity contribution in [3.05, 3.63) is 77.6 Å². The summed E-state index contributed by atoms with van der Waals surface area (Å²) in [4.78, 5) is 41.7. The Morgan fingerprint density at radius 1 is 1.00 bits per heavy atom. The van der Waals surface area contributed by atoms with Gasteiger partial charge in [-0.3, -0.25) is 19.3 Å². The molecule has 4 rings (SSSR count). The quantitative estimate of drug-likeness (QED) is 0.293. The van der Waals surface area contributed by atoms with Crippen LogP contribution in [0.1, 0.15) is 42.6 Å². The van der Waals surface area contributed by atoms with Crippen molar-refractivity contribution in [1.82, 2.24) is 10.1 Å². The van der Waals surface area contributed by atoms with Crippen LogP contribution in [0.2, 0.25) is 0 Å². The molecule has 0 radical (unpaired) electrons. The number of ketones is 1. The standard InChI is InChI=1S/C28H29N3O5/c1-5-17(6-2)24-23(25(32)19-7-9-20(10-8-19)27(34)30(3)4)26(33)28(35)31(24)21-13-11-18(12-14-21)22-15-16-36-29-22/h7-17,24,32H,5-6H2,1-4H3/b25-23-. The van der Waals surface area contributed by atoms with E-state index in [1.807, 2.05) is 26.0 Å². The van der Waals surface area contributed by atoms with Crippen LogP contribution >= 0.6 is 0 Å². The number of anilines is 1. The lowest BCUT2D eigenvalue weighted by Crippen LogP contribution is -2.39. The molecular weight excluding hydrogens is 458 g/mol. The number of aliphatic hydroxyl groups excluding tert-OH is 1. The minimum atomic E-state index is -0.724. The van der Waals surface area contributed by atoms with E-state index in [1.54, 1.807) is 56.6 Å². The summed E-state index contributed by atoms with van der Waals surface area (Å²) >= 11 is 0. The summed E-state index contributed by atoms with van der Waals surface area (Å²) in [5.74, 6) is -1.87. The molecule has 186 valence electrons. The van der Waals surface area contributed by atoms with Crippen LogP contribution in [-0.4, -0.2) is 52.9 Å². The summed E-state index contributed by atoms with van der Waals surface area (Å²) in [7, 11) is 3.32. The maximum atomic E-state index is 13.3. The monoisotopic (exact) mass is 487 g/mol. The molecule has 0 bridgehead atoms. The zero-order valence-corrected chi connectivity index (χ0v) is 20.8. The van der Waals surface area contributed by atoms with Gasteiger partial charge in [-0.25, -0.2) is 0 Å². The van der Waals surface area contributed by atoms with E-state index >= 15 is 0 Å². The number of hydrogen-bond acceptors (Lipinski definition) is 6. The summed E-state index contributed by atoms with van der Waals surface area (Å²) < 4.78 is 4.91. The Hall–Kier alpha value is -4.20. The van der Waals surface area contributed by atoms with Crippen LogP contribution in [0.15, 0.2) is 71.0 Å². The van der Waals surface area contributed by atoms with Crippen LogP contribution in [0.5, 0.6) is 0 Å². The predicted octanol–water partition coefficient (Wildman–Crippen LogP) is 4.73. The number of rotatable bonds is 7. The Balaban J connectivity index is 1.77. The first-order chi connectivity index (χ1) is 17.3. The Morgan fingerprint density at radius 3 is 2.14 bits per heavy atom. The zero-order valence-electron chi connectivity index (χ0n) is 20.8. The Morgan fingerprint density at radius 2 is 1.61 bits per heavy atom. The first-order valence-corrected chi connectivity index (χ1v) is 11.9. The van der Waals surface area contributed by atoms with Crippen molar-refractivity contribution in [3.8, 4) is 11.3 Å². The normalized spacial score (nSPS) is 17.1. The van der Waals surface area contributed by atoms with Gasteiger partial charge in [-0.1, -0.05) is 56.1 Å². The average Bonchev–Trinajstić information content (AvgIpc) is 3.52. The van der Waals surface area contributed by atoms with Gasteiger partial charge in [0, 0.05) is 42.5 Å². The lowest BCUT2D eigenvalue weighted by molar-refractivity contribution is -0.132. The van der Waals surface area contributed by atoms with Crippen LogP contribution in [0, 0.1) is 5.92 Å². The highest BCUT2D eigenvalue weighted by Crippen LogP contribution is 2.39. The van der Waals surface area contributed by atoms with E-state index in [4.69, 9.17) is 4.52 Å². The third-order valence-corrected chi connectivity index (χ3v) is 6.67. The molecule has 1 unspecified atom stereocenters. The maximum absolute atomic E-state index is 13.3. The van der Waals surface area contributed by atoms with Gasteiger partial charge in [0.15, 0.2) is 0 Å². The number of benzene rings is 2. The summed E-state index contributed by atoms with van der Waals surface area (Å²) in [6.45, 7) is 4.01. The number of carbonyl (C=O) groups is 3. The van der Waals surface area contributed by atoms with Crippen molar-refractivity contribution in [2.45, 2.75) is 32.7 Å². The van der Waals surface area contributed by atoms with E-state index in [-0.39, 0.29) is 23.2 Å². The fourth-order valence-electron chi connectivity index (χ4n) is 4.66. The van der Waals surface area contributed by atoms with Crippen molar-refractivity contribution >= 4 is 29.0 Å². The summed E-state index contributed by atoms with van der Waals surface area (Å²) in [6, 6.07) is 14.7. The van der Waals surface area contributed by atoms with E-state index in [0.717, 1.165) is 5.56 Å². The van der Waals surface area contributed by atoms with E-state index in [0.29, 0.717) is 35.3 Å². The van der Waals surface area contributed by atoms with Crippen molar-refractivity contribution in [2.75, 3.05) is 19.0 Å². The third-order valence-electron chi connectivity index (χ3n) is 6.67. The van der Waals surface area contributed by atoms with Gasteiger partial charge in [-0.15, -0.1) is 0 Å². The highest BCUT2D eigenvalue weighted by atomic mass is 16.5. The van der Waals surface area contributed by atoms with Gasteiger partial charge in [0.05, 0.1) is 11.6 Å². The summed E-state index contributed by atoms with van der Waals surface area (Å²) in [5.41, 5.74) is 2.96. The molecule has 1 saturated heterocycles. The number of amides is 2. The Bertz CT molecular complexity index is 1290. The number of Topliss-reactive ketones (excluding diaryl/α,β-unsaturated/α-hetero) is 1. The minimum absolute atomic E-state index is 0.0534. The zero-order chi connectivity index (χ0) is 26.0. The number of aliphatic hydroxyl groups is 1. The molecule has 1 aliphatic heterocycles. The van der Waals surface area contributed by atoms with Crippen molar-refractivity contribution in [3.63, 3.8) is 0 Å². The highest BCUT2D eigenvalue weighted by Gasteiger charge is 2.48. The molecule has 2 aromatic carbocycles. The molecule has 1 fully saturated rings. The average molecular weight is 488 g/mol. The molecule has 1 atom stereocenters. The Kier molecular flexibility index (Phi) is 7.05. The van der Waals surface area contributed by atoms with Gasteiger partial charge >= 0.3 is 0 Å². The molecule has 8 nitrogen and oxygen atoms in total. The fraction of sp³-hybridized carbons (Fsp3) is 0.286. The molecule has 0 saturated carbocycles. The van der Waals surface area contributed by atoms with E-state index in [9.17, 15) is 19.5 Å².